The van der Waals surface area contributed by atoms with E-state index >= 15 is 0 Å². The predicted octanol–water partition coefficient (Wildman–Crippen LogP) is 5.25. The molecule has 1 N–H and O–H groups in total. The number of aromatic nitrogens is 2. The molecule has 1 fully saturated rings. The second kappa shape index (κ2) is 10.7. The molecule has 0 spiro atoms. The number of halogens is 1. The minimum absolute atomic E-state index is 0.262. The Morgan fingerprint density at radius 3 is 2.59 bits per heavy atom. The quantitative estimate of drug-likeness (QED) is 0.434. The number of fused-ring (bicyclic) bond motifs is 1. The summed E-state index contributed by atoms with van der Waals surface area (Å²) < 4.78 is 13.3. The number of hydroxylamine groups is 1. The van der Waals surface area contributed by atoms with E-state index in [4.69, 9.17) is 30.9 Å². The molecule has 1 aromatic heterocycles. The maximum absolute atomic E-state index is 6.39. The lowest BCUT2D eigenvalue weighted by Crippen LogP contribution is -2.44. The number of rotatable bonds is 8. The van der Waals surface area contributed by atoms with Crippen LogP contribution in [0.5, 0.6) is 5.75 Å². The molecule has 198 valence electrons. The van der Waals surface area contributed by atoms with Crippen LogP contribution in [-0.4, -0.2) is 59.4 Å². The van der Waals surface area contributed by atoms with Crippen LogP contribution >= 0.6 is 11.6 Å². The summed E-state index contributed by atoms with van der Waals surface area (Å²) in [5.41, 5.74) is 8.52. The second-order valence-electron chi connectivity index (χ2n) is 10.6. The monoisotopic (exact) mass is 524 g/mol. The molecule has 5 rings (SSSR count). The molecule has 0 saturated carbocycles. The summed E-state index contributed by atoms with van der Waals surface area (Å²) in [6, 6.07) is 13.0. The fourth-order valence-electron chi connectivity index (χ4n) is 5.56. The van der Waals surface area contributed by atoms with Crippen LogP contribution in [-0.2, 0) is 29.0 Å². The third-order valence-electron chi connectivity index (χ3n) is 7.52. The smallest absolute Gasteiger partial charge is 0.137 e. The first-order valence-electron chi connectivity index (χ1n) is 13.1. The molecule has 0 amide bonds. The molecule has 3 aromatic rings. The summed E-state index contributed by atoms with van der Waals surface area (Å²) in [5, 5.41) is 0.637. The SMILES string of the molecule is COc1ccc(CCc2nc3cc(C4=C(C)ONC4(C)C)ccc3n2CC(C)N2CCOCC2)cc1Cl. The summed E-state index contributed by atoms with van der Waals surface area (Å²) in [6.07, 6.45) is 1.67. The number of morpholine rings is 1. The van der Waals surface area contributed by atoms with Gasteiger partial charge in [-0.25, -0.2) is 4.98 Å². The largest absolute Gasteiger partial charge is 0.495 e. The van der Waals surface area contributed by atoms with Gasteiger partial charge in [-0.1, -0.05) is 23.7 Å². The molecule has 0 bridgehead atoms. The molecule has 7 nitrogen and oxygen atoms in total. The van der Waals surface area contributed by atoms with Crippen molar-refractivity contribution in [3.63, 3.8) is 0 Å². The third-order valence-corrected chi connectivity index (χ3v) is 7.82. The van der Waals surface area contributed by atoms with E-state index in [1.165, 1.54) is 11.1 Å². The van der Waals surface area contributed by atoms with E-state index < -0.39 is 0 Å². The van der Waals surface area contributed by atoms with E-state index in [-0.39, 0.29) is 5.54 Å². The minimum Gasteiger partial charge on any atom is -0.495 e. The first kappa shape index (κ1) is 26.0. The molecular formula is C29H37ClN4O3. The highest BCUT2D eigenvalue weighted by molar-refractivity contribution is 6.32. The molecule has 0 radical (unpaired) electrons. The van der Waals surface area contributed by atoms with Crippen molar-refractivity contribution in [2.24, 2.45) is 0 Å². The molecule has 37 heavy (non-hydrogen) atoms. The minimum atomic E-state index is -0.262. The van der Waals surface area contributed by atoms with Crippen molar-refractivity contribution in [2.45, 2.75) is 58.7 Å². The number of hydrogen-bond acceptors (Lipinski definition) is 6. The molecule has 2 aliphatic heterocycles. The third kappa shape index (κ3) is 5.36. The highest BCUT2D eigenvalue weighted by atomic mass is 35.5. The summed E-state index contributed by atoms with van der Waals surface area (Å²) in [6.45, 7) is 13.0. The summed E-state index contributed by atoms with van der Waals surface area (Å²) in [4.78, 5) is 13.4. The van der Waals surface area contributed by atoms with E-state index in [1.54, 1.807) is 7.11 Å². The molecule has 1 saturated heterocycles. The Morgan fingerprint density at radius 2 is 1.92 bits per heavy atom. The van der Waals surface area contributed by atoms with Gasteiger partial charge in [-0.15, -0.1) is 5.48 Å². The van der Waals surface area contributed by atoms with Crippen molar-refractivity contribution in [2.75, 3.05) is 33.4 Å². The van der Waals surface area contributed by atoms with Crippen LogP contribution < -0.4 is 10.2 Å². The van der Waals surface area contributed by atoms with Crippen LogP contribution in [0.1, 0.15) is 44.6 Å². The molecule has 2 aromatic carbocycles. The zero-order valence-corrected chi connectivity index (χ0v) is 23.2. The molecule has 8 heteroatoms. The number of nitrogens with zero attached hydrogens (tertiary/aromatic N) is 3. The van der Waals surface area contributed by atoms with Gasteiger partial charge in [-0.2, -0.15) is 0 Å². The lowest BCUT2D eigenvalue weighted by atomic mass is 9.88. The van der Waals surface area contributed by atoms with Crippen molar-refractivity contribution in [3.8, 4) is 5.75 Å². The molecular weight excluding hydrogens is 488 g/mol. The van der Waals surface area contributed by atoms with E-state index in [9.17, 15) is 0 Å². The van der Waals surface area contributed by atoms with Crippen LogP contribution in [0.25, 0.3) is 16.6 Å². The Balaban J connectivity index is 1.48. The number of allylic oxidation sites excluding steroid dienone is 1. The van der Waals surface area contributed by atoms with Gasteiger partial charge in [0.1, 0.15) is 17.3 Å². The Labute approximate surface area is 224 Å². The summed E-state index contributed by atoms with van der Waals surface area (Å²) >= 11 is 6.39. The highest BCUT2D eigenvalue weighted by Crippen LogP contribution is 2.36. The van der Waals surface area contributed by atoms with E-state index in [2.05, 4.69) is 60.0 Å². The van der Waals surface area contributed by atoms with Crippen LogP contribution in [0.3, 0.4) is 0 Å². The van der Waals surface area contributed by atoms with Crippen molar-refractivity contribution >= 4 is 28.2 Å². The zero-order valence-electron chi connectivity index (χ0n) is 22.4. The van der Waals surface area contributed by atoms with Gasteiger partial charge in [0.15, 0.2) is 0 Å². The summed E-state index contributed by atoms with van der Waals surface area (Å²) in [5.74, 6) is 2.69. The molecule has 0 aliphatic carbocycles. The lowest BCUT2D eigenvalue weighted by Gasteiger charge is -2.32. The number of methoxy groups -OCH3 is 1. The van der Waals surface area contributed by atoms with E-state index in [1.807, 2.05) is 19.1 Å². The lowest BCUT2D eigenvalue weighted by molar-refractivity contribution is 0.0170. The van der Waals surface area contributed by atoms with Crippen LogP contribution in [0.2, 0.25) is 5.02 Å². The van der Waals surface area contributed by atoms with Gasteiger partial charge in [0.05, 0.1) is 41.9 Å². The Hall–Kier alpha value is -2.58. The van der Waals surface area contributed by atoms with E-state index in [0.29, 0.717) is 16.8 Å². The average molecular weight is 525 g/mol. The van der Waals surface area contributed by atoms with Crippen LogP contribution in [0.4, 0.5) is 0 Å². The van der Waals surface area contributed by atoms with Crippen molar-refractivity contribution < 1.29 is 14.3 Å². The van der Waals surface area contributed by atoms with Gasteiger partial charge >= 0.3 is 0 Å². The second-order valence-corrected chi connectivity index (χ2v) is 11.0. The van der Waals surface area contributed by atoms with Gasteiger partial charge in [0.25, 0.3) is 0 Å². The zero-order chi connectivity index (χ0) is 26.2. The number of ether oxygens (including phenoxy) is 2. The van der Waals surface area contributed by atoms with Crippen LogP contribution in [0.15, 0.2) is 42.2 Å². The maximum atomic E-state index is 6.39. The number of benzene rings is 2. The molecule has 1 atom stereocenters. The fraction of sp³-hybridized carbons (Fsp3) is 0.483. The number of nitrogens with one attached hydrogen (secondary N) is 1. The topological polar surface area (TPSA) is 60.8 Å². The fourth-order valence-corrected chi connectivity index (χ4v) is 5.84. The first-order chi connectivity index (χ1) is 17.8. The van der Waals surface area contributed by atoms with Gasteiger partial charge in [-0.3, -0.25) is 4.90 Å². The average Bonchev–Trinajstić information content (AvgIpc) is 3.37. The predicted molar refractivity (Wildman–Crippen MR) is 148 cm³/mol. The van der Waals surface area contributed by atoms with Crippen molar-refractivity contribution in [3.05, 3.63) is 64.1 Å². The summed E-state index contributed by atoms with van der Waals surface area (Å²) in [7, 11) is 1.64. The number of hydrogen-bond donors (Lipinski definition) is 1. The number of imidazole rings is 1. The Kier molecular flexibility index (Phi) is 7.50. The van der Waals surface area contributed by atoms with Gasteiger partial charge in [0, 0.05) is 37.7 Å². The highest BCUT2D eigenvalue weighted by Gasteiger charge is 2.34. The van der Waals surface area contributed by atoms with Gasteiger partial charge in [0.2, 0.25) is 0 Å². The van der Waals surface area contributed by atoms with Crippen molar-refractivity contribution in [1.29, 1.82) is 0 Å². The first-order valence-corrected chi connectivity index (χ1v) is 13.4. The normalized spacial score (nSPS) is 18.9. The number of aryl methyl sites for hydroxylation is 2. The van der Waals surface area contributed by atoms with Gasteiger partial charge in [-0.05, 0) is 69.5 Å². The maximum Gasteiger partial charge on any atom is 0.137 e. The standard InChI is InChI=1S/C29H37ClN4O3/c1-19(33-12-14-36-15-13-33)18-34-25-9-8-22(28-20(2)37-32-29(28,3)4)17-24(25)31-27(34)11-7-21-6-10-26(35-5)23(30)16-21/h6,8-10,16-17,19,32H,7,11-15,18H2,1-5H3. The van der Waals surface area contributed by atoms with E-state index in [0.717, 1.165) is 73.9 Å². The Bertz CT molecular complexity index is 1310. The van der Waals surface area contributed by atoms with Crippen LogP contribution in [0, 0.1) is 0 Å². The molecule has 1 unspecified atom stereocenters. The van der Waals surface area contributed by atoms with Crippen molar-refractivity contribution in [1.82, 2.24) is 19.9 Å². The Morgan fingerprint density at radius 1 is 1.14 bits per heavy atom. The van der Waals surface area contributed by atoms with Gasteiger partial charge < -0.3 is 18.9 Å². The molecule has 2 aliphatic rings. The molecule has 3 heterocycles.